The van der Waals surface area contributed by atoms with Gasteiger partial charge in [-0.25, -0.2) is 0 Å². The molecule has 1 rings (SSSR count). The molecule has 0 aliphatic heterocycles. The van der Waals surface area contributed by atoms with E-state index in [1.54, 1.807) is 4.90 Å². The van der Waals surface area contributed by atoms with Gasteiger partial charge in [0.15, 0.2) is 0 Å². The van der Waals surface area contributed by atoms with Crippen molar-refractivity contribution in [2.45, 2.75) is 58.4 Å². The Balaban J connectivity index is 2.93. The number of primary amides is 1. The second-order valence-corrected chi connectivity index (χ2v) is 5.89. The van der Waals surface area contributed by atoms with E-state index >= 15 is 0 Å². The van der Waals surface area contributed by atoms with E-state index in [0.29, 0.717) is 6.54 Å². The van der Waals surface area contributed by atoms with Crippen molar-refractivity contribution >= 4 is 11.8 Å². The maximum atomic E-state index is 12.8. The van der Waals surface area contributed by atoms with Gasteiger partial charge in [-0.2, -0.15) is 0 Å². The van der Waals surface area contributed by atoms with Crippen molar-refractivity contribution in [2.24, 2.45) is 16.9 Å². The van der Waals surface area contributed by atoms with Crippen LogP contribution in [0.3, 0.4) is 0 Å². The maximum absolute atomic E-state index is 12.8. The van der Waals surface area contributed by atoms with Crippen LogP contribution < -0.4 is 11.5 Å². The highest BCUT2D eigenvalue weighted by Gasteiger charge is 2.41. The van der Waals surface area contributed by atoms with Crippen molar-refractivity contribution in [3.05, 3.63) is 0 Å². The van der Waals surface area contributed by atoms with Gasteiger partial charge in [-0.1, -0.05) is 25.7 Å². The van der Waals surface area contributed by atoms with Crippen molar-refractivity contribution < 1.29 is 9.59 Å². The highest BCUT2D eigenvalue weighted by molar-refractivity contribution is 5.87. The highest BCUT2D eigenvalue weighted by atomic mass is 16.2. The molecule has 0 saturated heterocycles. The van der Waals surface area contributed by atoms with Gasteiger partial charge >= 0.3 is 0 Å². The molecule has 1 aliphatic carbocycles. The minimum Gasteiger partial charge on any atom is -0.368 e. The van der Waals surface area contributed by atoms with Gasteiger partial charge in [-0.3, -0.25) is 9.59 Å². The van der Waals surface area contributed by atoms with Crippen LogP contribution in [0.1, 0.15) is 52.4 Å². The Morgan fingerprint density at radius 2 is 1.68 bits per heavy atom. The molecule has 0 aromatic heterocycles. The molecule has 0 bridgehead atoms. The van der Waals surface area contributed by atoms with Gasteiger partial charge in [0.1, 0.15) is 0 Å². The van der Waals surface area contributed by atoms with E-state index in [4.69, 9.17) is 11.5 Å². The predicted molar refractivity (Wildman–Crippen MR) is 75.2 cm³/mol. The molecule has 1 aliphatic rings. The summed E-state index contributed by atoms with van der Waals surface area (Å²) in [7, 11) is 0. The average molecular weight is 269 g/mol. The fourth-order valence-electron chi connectivity index (χ4n) is 2.87. The van der Waals surface area contributed by atoms with E-state index in [2.05, 4.69) is 0 Å². The molecule has 5 nitrogen and oxygen atoms in total. The van der Waals surface area contributed by atoms with Gasteiger partial charge in [-0.15, -0.1) is 0 Å². The fourth-order valence-corrected chi connectivity index (χ4v) is 2.87. The SMILES string of the molecule is CC(C)N(CC(N)=O)C(=O)C1(CN)CCCCCC1. The quantitative estimate of drug-likeness (QED) is 0.730. The lowest BCUT2D eigenvalue weighted by Crippen LogP contribution is -2.52. The van der Waals surface area contributed by atoms with E-state index in [1.165, 1.54) is 0 Å². The number of nitrogens with zero attached hydrogens (tertiary/aromatic N) is 1. The molecule has 5 heteroatoms. The molecule has 110 valence electrons. The summed E-state index contributed by atoms with van der Waals surface area (Å²) in [6, 6.07) is -0.0355. The largest absolute Gasteiger partial charge is 0.368 e. The maximum Gasteiger partial charge on any atom is 0.237 e. The van der Waals surface area contributed by atoms with Crippen molar-refractivity contribution in [1.82, 2.24) is 4.90 Å². The average Bonchev–Trinajstić information content (AvgIpc) is 2.60. The molecule has 4 N–H and O–H groups in total. The van der Waals surface area contributed by atoms with Crippen LogP contribution in [0.4, 0.5) is 0 Å². The fraction of sp³-hybridized carbons (Fsp3) is 0.857. The van der Waals surface area contributed by atoms with Crippen LogP contribution in [0, 0.1) is 5.41 Å². The Bertz CT molecular complexity index is 321. The molecule has 19 heavy (non-hydrogen) atoms. The van der Waals surface area contributed by atoms with Crippen molar-refractivity contribution in [3.8, 4) is 0 Å². The molecule has 2 amide bonds. The first-order chi connectivity index (χ1) is 8.93. The minimum absolute atomic E-state index is 0.00528. The zero-order valence-electron chi connectivity index (χ0n) is 12.2. The Hall–Kier alpha value is -1.10. The summed E-state index contributed by atoms with van der Waals surface area (Å²) in [4.78, 5) is 25.6. The third-order valence-electron chi connectivity index (χ3n) is 4.12. The molecule has 0 atom stereocenters. The van der Waals surface area contributed by atoms with Gasteiger partial charge in [0.25, 0.3) is 0 Å². The summed E-state index contributed by atoms with van der Waals surface area (Å²) in [6.07, 6.45) is 6.03. The summed E-state index contributed by atoms with van der Waals surface area (Å²) < 4.78 is 0. The molecule has 0 radical (unpaired) electrons. The van der Waals surface area contributed by atoms with Gasteiger partial charge in [0.2, 0.25) is 11.8 Å². The number of carbonyl (C=O) groups is 2. The third kappa shape index (κ3) is 3.93. The zero-order chi connectivity index (χ0) is 14.5. The third-order valence-corrected chi connectivity index (χ3v) is 4.12. The second-order valence-electron chi connectivity index (χ2n) is 5.89. The molecular weight excluding hydrogens is 242 g/mol. The van der Waals surface area contributed by atoms with Crippen molar-refractivity contribution in [2.75, 3.05) is 13.1 Å². The Kier molecular flexibility index (Phi) is 5.79. The molecule has 1 fully saturated rings. The van der Waals surface area contributed by atoms with Crippen LogP contribution in [0.5, 0.6) is 0 Å². The van der Waals surface area contributed by atoms with Crippen LogP contribution in [0.2, 0.25) is 0 Å². The van der Waals surface area contributed by atoms with Crippen LogP contribution in [-0.4, -0.2) is 35.8 Å². The Morgan fingerprint density at radius 3 is 2.05 bits per heavy atom. The van der Waals surface area contributed by atoms with Crippen molar-refractivity contribution in [3.63, 3.8) is 0 Å². The summed E-state index contributed by atoms with van der Waals surface area (Å²) in [5.41, 5.74) is 10.7. The number of hydrogen-bond donors (Lipinski definition) is 2. The Labute approximate surface area is 115 Å². The van der Waals surface area contributed by atoms with Gasteiger partial charge in [-0.05, 0) is 26.7 Å². The first kappa shape index (κ1) is 16.0. The molecular formula is C14H27N3O2. The van der Waals surface area contributed by atoms with Gasteiger partial charge in [0, 0.05) is 12.6 Å². The lowest BCUT2D eigenvalue weighted by molar-refractivity contribution is -0.146. The molecule has 0 heterocycles. The number of carbonyl (C=O) groups excluding carboxylic acids is 2. The van der Waals surface area contributed by atoms with E-state index in [0.717, 1.165) is 38.5 Å². The second kappa shape index (κ2) is 6.89. The van der Waals surface area contributed by atoms with Crippen molar-refractivity contribution in [1.29, 1.82) is 0 Å². The highest BCUT2D eigenvalue weighted by Crippen LogP contribution is 2.36. The van der Waals surface area contributed by atoms with Crippen LogP contribution in [-0.2, 0) is 9.59 Å². The molecule has 0 spiro atoms. The van der Waals surface area contributed by atoms with Gasteiger partial charge < -0.3 is 16.4 Å². The number of hydrogen-bond acceptors (Lipinski definition) is 3. The first-order valence-corrected chi connectivity index (χ1v) is 7.22. The van der Waals surface area contributed by atoms with Crippen LogP contribution in [0.25, 0.3) is 0 Å². The predicted octanol–water partition coefficient (Wildman–Crippen LogP) is 1.01. The molecule has 0 unspecified atom stereocenters. The number of amides is 2. The zero-order valence-corrected chi connectivity index (χ0v) is 12.2. The van der Waals surface area contributed by atoms with Gasteiger partial charge in [0.05, 0.1) is 12.0 Å². The molecule has 0 aromatic carbocycles. The smallest absolute Gasteiger partial charge is 0.237 e. The molecule has 1 saturated carbocycles. The lowest BCUT2D eigenvalue weighted by Gasteiger charge is -2.37. The topological polar surface area (TPSA) is 89.4 Å². The lowest BCUT2D eigenvalue weighted by atomic mass is 9.78. The summed E-state index contributed by atoms with van der Waals surface area (Å²) in [5.74, 6) is -0.464. The van der Waals surface area contributed by atoms with E-state index in [9.17, 15) is 9.59 Å². The van der Waals surface area contributed by atoms with E-state index in [-0.39, 0.29) is 18.5 Å². The number of rotatable bonds is 5. The normalized spacial score (nSPS) is 18.9. The van der Waals surface area contributed by atoms with E-state index < -0.39 is 11.3 Å². The standard InChI is InChI=1S/C14H27N3O2/c1-11(2)17(9-12(16)18)13(19)14(10-15)7-5-3-4-6-8-14/h11H,3-10,15H2,1-2H3,(H2,16,18). The molecule has 0 aromatic rings. The summed E-state index contributed by atoms with van der Waals surface area (Å²) in [6.45, 7) is 4.15. The monoisotopic (exact) mass is 269 g/mol. The van der Waals surface area contributed by atoms with Crippen LogP contribution in [0.15, 0.2) is 0 Å². The van der Waals surface area contributed by atoms with Crippen LogP contribution >= 0.6 is 0 Å². The summed E-state index contributed by atoms with van der Waals surface area (Å²) in [5, 5.41) is 0. The summed E-state index contributed by atoms with van der Waals surface area (Å²) >= 11 is 0. The minimum atomic E-state index is -0.490. The number of nitrogens with two attached hydrogens (primary N) is 2. The van der Waals surface area contributed by atoms with E-state index in [1.807, 2.05) is 13.8 Å². The first-order valence-electron chi connectivity index (χ1n) is 7.22. The Morgan fingerprint density at radius 1 is 1.16 bits per heavy atom.